The number of aromatic nitrogens is 2. The first-order chi connectivity index (χ1) is 16.3. The van der Waals surface area contributed by atoms with Gasteiger partial charge in [-0.25, -0.2) is 0 Å². The zero-order chi connectivity index (χ0) is 25.9. The molecule has 196 valence electrons. The van der Waals surface area contributed by atoms with Gasteiger partial charge in [0.25, 0.3) is 5.56 Å². The summed E-state index contributed by atoms with van der Waals surface area (Å²) in [6.07, 6.45) is -0.656. The smallest absolute Gasteiger partial charge is 0.336 e. The number of hydrogen-bond donors (Lipinski definition) is 0. The molecule has 12 heteroatoms. The van der Waals surface area contributed by atoms with E-state index in [1.165, 1.54) is 13.0 Å². The van der Waals surface area contributed by atoms with Crippen molar-refractivity contribution in [2.75, 3.05) is 6.61 Å². The Kier molecular flexibility index (Phi) is 6.86. The quantitative estimate of drug-likeness (QED) is 0.406. The molecule has 4 rings (SSSR count). The van der Waals surface area contributed by atoms with Crippen LogP contribution < -0.4 is 10.3 Å². The van der Waals surface area contributed by atoms with Gasteiger partial charge in [-0.1, -0.05) is 55.4 Å². The van der Waals surface area contributed by atoms with Crippen LogP contribution in [0.15, 0.2) is 17.1 Å². The molecule has 4 heterocycles. The summed E-state index contributed by atoms with van der Waals surface area (Å²) in [4.78, 5) is 27.8. The fourth-order valence-corrected chi connectivity index (χ4v) is 16.7. The van der Waals surface area contributed by atoms with Crippen LogP contribution in [0.5, 0.6) is 6.01 Å². The van der Waals surface area contributed by atoms with Gasteiger partial charge in [0.05, 0.1) is 0 Å². The van der Waals surface area contributed by atoms with Gasteiger partial charge in [0.1, 0.15) is 12.7 Å². The maximum absolute atomic E-state index is 12.0. The van der Waals surface area contributed by atoms with Crippen molar-refractivity contribution in [3.05, 3.63) is 22.6 Å². The molecule has 35 heavy (non-hydrogen) atoms. The molecule has 0 aliphatic carbocycles. The van der Waals surface area contributed by atoms with Crippen LogP contribution in [-0.2, 0) is 33.0 Å². The second-order valence-electron chi connectivity index (χ2n) is 10.9. The maximum atomic E-state index is 12.0. The zero-order valence-corrected chi connectivity index (χ0v) is 24.1. The second-order valence-corrected chi connectivity index (χ2v) is 19.7. The largest absolute Gasteiger partial charge is 0.461 e. The number of esters is 1. The van der Waals surface area contributed by atoms with Gasteiger partial charge in [-0.15, -0.1) is 0 Å². The third kappa shape index (κ3) is 4.02. The molecular formula is C23H38N2O8Si2. The van der Waals surface area contributed by atoms with Crippen molar-refractivity contribution < 1.29 is 32.0 Å². The van der Waals surface area contributed by atoms with Crippen LogP contribution in [0.4, 0.5) is 0 Å². The Morgan fingerprint density at radius 1 is 1.06 bits per heavy atom. The van der Waals surface area contributed by atoms with E-state index in [2.05, 4.69) is 60.4 Å². The van der Waals surface area contributed by atoms with Gasteiger partial charge in [0, 0.05) is 19.2 Å². The van der Waals surface area contributed by atoms with Gasteiger partial charge in [-0.05, 0) is 22.2 Å². The molecule has 0 radical (unpaired) electrons. The number of fused-ring (bicyclic) bond motifs is 5. The summed E-state index contributed by atoms with van der Waals surface area (Å²) in [6.45, 7) is 18.3. The molecule has 10 nitrogen and oxygen atoms in total. The highest BCUT2D eigenvalue weighted by molar-refractivity contribution is 6.84. The van der Waals surface area contributed by atoms with Crippen LogP contribution in [0, 0.1) is 0 Å². The summed E-state index contributed by atoms with van der Waals surface area (Å²) in [6, 6.07) is 1.43. The van der Waals surface area contributed by atoms with E-state index < -0.39 is 52.9 Å². The number of carbonyl (C=O) groups is 1. The molecule has 0 bridgehead atoms. The average molecular weight is 527 g/mol. The summed E-state index contributed by atoms with van der Waals surface area (Å²) in [5.74, 6) is -0.456. The number of carbonyl (C=O) groups excluding carboxylic acids is 1. The number of nitrogens with zero attached hydrogens (tertiary/aromatic N) is 2. The van der Waals surface area contributed by atoms with Crippen molar-refractivity contribution in [3.8, 4) is 6.01 Å². The zero-order valence-electron chi connectivity index (χ0n) is 22.1. The first kappa shape index (κ1) is 26.5. The van der Waals surface area contributed by atoms with Gasteiger partial charge < -0.3 is 27.2 Å². The third-order valence-corrected chi connectivity index (χ3v) is 17.6. The Morgan fingerprint density at radius 2 is 1.63 bits per heavy atom. The molecule has 4 unspecified atom stereocenters. The minimum absolute atomic E-state index is 0.0967. The van der Waals surface area contributed by atoms with Crippen LogP contribution in [0.25, 0.3) is 0 Å². The lowest BCUT2D eigenvalue weighted by atomic mass is 10.1. The lowest BCUT2D eigenvalue weighted by molar-refractivity contribution is -0.203. The van der Waals surface area contributed by atoms with E-state index in [4.69, 9.17) is 27.2 Å². The fraction of sp³-hybridized carbons (Fsp3) is 0.783. The van der Waals surface area contributed by atoms with Crippen LogP contribution in [0.1, 0.15) is 62.3 Å². The van der Waals surface area contributed by atoms with Crippen LogP contribution in [0.2, 0.25) is 22.2 Å². The number of hydrogen-bond acceptors (Lipinski definition) is 9. The minimum Gasteiger partial charge on any atom is -0.461 e. The summed E-state index contributed by atoms with van der Waals surface area (Å²) < 4.78 is 41.0. The summed E-state index contributed by atoms with van der Waals surface area (Å²) >= 11 is 0. The van der Waals surface area contributed by atoms with Crippen molar-refractivity contribution in [1.29, 1.82) is 0 Å². The summed E-state index contributed by atoms with van der Waals surface area (Å²) in [5, 5.41) is 0. The highest BCUT2D eigenvalue weighted by atomic mass is 28.5. The highest BCUT2D eigenvalue weighted by Crippen LogP contribution is 2.54. The van der Waals surface area contributed by atoms with Gasteiger partial charge in [-0.2, -0.15) is 4.98 Å². The Labute approximate surface area is 208 Å². The Bertz CT molecular complexity index is 1010. The van der Waals surface area contributed by atoms with E-state index >= 15 is 0 Å². The first-order valence-electron chi connectivity index (χ1n) is 12.4. The summed E-state index contributed by atoms with van der Waals surface area (Å²) in [7, 11) is -5.80. The maximum Gasteiger partial charge on any atom is 0.336 e. The SMILES string of the molecule is CC(=O)OCC12OC3O[Si](C(C)C)(C(C)C)O[Si](C(C)C)(C(C)C)OC3C1Oc1nc(=O)ccn12. The normalized spacial score (nSPS) is 30.7. The molecule has 0 spiro atoms. The van der Waals surface area contributed by atoms with Crippen molar-refractivity contribution in [3.63, 3.8) is 0 Å². The summed E-state index contributed by atoms with van der Waals surface area (Å²) in [5.41, 5.74) is -1.20. The van der Waals surface area contributed by atoms with E-state index in [-0.39, 0.29) is 34.8 Å². The Morgan fingerprint density at radius 3 is 2.17 bits per heavy atom. The van der Waals surface area contributed by atoms with Crippen molar-refractivity contribution in [1.82, 2.24) is 9.55 Å². The standard InChI is InChI=1S/C23H38N2O8Si2/c1-13(2)34(14(3)4)31-19-20-23(12-28-17(9)26,25-11-10-18(27)24-22(25)29-20)30-21(19)32-35(33-34,15(5)6)16(7)8/h10-11,13-16,19-21H,12H2,1-9H3. The van der Waals surface area contributed by atoms with Gasteiger partial charge in [0.2, 0.25) is 5.72 Å². The molecule has 2 fully saturated rings. The first-order valence-corrected chi connectivity index (χ1v) is 16.4. The number of rotatable bonds is 6. The molecule has 3 aliphatic heterocycles. The van der Waals surface area contributed by atoms with Crippen LogP contribution >= 0.6 is 0 Å². The molecule has 2 saturated heterocycles. The van der Waals surface area contributed by atoms with Crippen molar-refractivity contribution in [2.45, 2.75) is 109 Å². The van der Waals surface area contributed by atoms with Crippen molar-refractivity contribution >= 4 is 23.1 Å². The number of ether oxygens (including phenoxy) is 3. The fourth-order valence-electron chi connectivity index (χ4n) is 5.60. The molecule has 1 aromatic rings. The molecule has 0 amide bonds. The van der Waals surface area contributed by atoms with E-state index in [0.29, 0.717) is 0 Å². The molecule has 0 aromatic carbocycles. The predicted octanol–water partition coefficient (Wildman–Crippen LogP) is 3.53. The van der Waals surface area contributed by atoms with E-state index in [1.807, 2.05) is 0 Å². The van der Waals surface area contributed by atoms with Crippen LogP contribution in [-0.4, -0.2) is 57.7 Å². The van der Waals surface area contributed by atoms with Gasteiger partial charge in [0.15, 0.2) is 12.4 Å². The minimum atomic E-state index is -2.91. The van der Waals surface area contributed by atoms with E-state index in [0.717, 1.165) is 0 Å². The average Bonchev–Trinajstić information content (AvgIpc) is 3.13. The van der Waals surface area contributed by atoms with E-state index in [1.54, 1.807) is 10.8 Å². The third-order valence-electron chi connectivity index (χ3n) is 7.39. The molecule has 3 aliphatic rings. The van der Waals surface area contributed by atoms with Gasteiger partial charge in [-0.3, -0.25) is 14.2 Å². The predicted molar refractivity (Wildman–Crippen MR) is 131 cm³/mol. The van der Waals surface area contributed by atoms with Crippen molar-refractivity contribution in [2.24, 2.45) is 0 Å². The lowest BCUT2D eigenvalue weighted by Gasteiger charge is -2.46. The molecule has 0 saturated carbocycles. The molecule has 0 N–H and O–H groups in total. The topological polar surface area (TPSA) is 107 Å². The Hall–Kier alpha value is -1.58. The molecule has 4 atom stereocenters. The van der Waals surface area contributed by atoms with Gasteiger partial charge >= 0.3 is 29.1 Å². The molecular weight excluding hydrogens is 488 g/mol. The Balaban J connectivity index is 1.88. The monoisotopic (exact) mass is 526 g/mol. The van der Waals surface area contributed by atoms with E-state index in [9.17, 15) is 9.59 Å². The second kappa shape index (κ2) is 9.07. The van der Waals surface area contributed by atoms with Crippen LogP contribution in [0.3, 0.4) is 0 Å². The highest BCUT2D eigenvalue weighted by Gasteiger charge is 2.71. The molecule has 1 aromatic heterocycles. The lowest BCUT2D eigenvalue weighted by Crippen LogP contribution is -2.60.